The van der Waals surface area contributed by atoms with E-state index in [9.17, 15) is 9.18 Å². The second-order valence-electron chi connectivity index (χ2n) is 4.73. The SMILES string of the molecule is CN(C)CCN1C(=O)CNC1c1cccc(F)c1. The molecule has 2 rings (SSSR count). The van der Waals surface area contributed by atoms with Gasteiger partial charge in [-0.25, -0.2) is 4.39 Å². The molecule has 1 atom stereocenters. The number of benzene rings is 1. The van der Waals surface area contributed by atoms with Gasteiger partial charge in [0.15, 0.2) is 0 Å². The summed E-state index contributed by atoms with van der Waals surface area (Å²) in [5.41, 5.74) is 0.791. The van der Waals surface area contributed by atoms with Crippen LogP contribution in [-0.2, 0) is 4.79 Å². The van der Waals surface area contributed by atoms with Crippen LogP contribution in [0.1, 0.15) is 11.7 Å². The first-order valence-electron chi connectivity index (χ1n) is 6.01. The monoisotopic (exact) mass is 251 g/mol. The van der Waals surface area contributed by atoms with Crippen molar-refractivity contribution in [3.8, 4) is 0 Å². The van der Waals surface area contributed by atoms with Crippen molar-refractivity contribution >= 4 is 5.91 Å². The molecule has 18 heavy (non-hydrogen) atoms. The molecular weight excluding hydrogens is 233 g/mol. The predicted octanol–water partition coefficient (Wildman–Crippen LogP) is 0.818. The van der Waals surface area contributed by atoms with Crippen molar-refractivity contribution in [2.75, 3.05) is 33.7 Å². The summed E-state index contributed by atoms with van der Waals surface area (Å²) in [4.78, 5) is 15.6. The van der Waals surface area contributed by atoms with Crippen LogP contribution >= 0.6 is 0 Å². The molecule has 1 aromatic rings. The van der Waals surface area contributed by atoms with Crippen molar-refractivity contribution in [3.05, 3.63) is 35.6 Å². The molecule has 4 nitrogen and oxygen atoms in total. The number of nitrogens with one attached hydrogen (secondary N) is 1. The molecule has 1 N–H and O–H groups in total. The Kier molecular flexibility index (Phi) is 3.93. The molecule has 0 radical (unpaired) electrons. The van der Waals surface area contributed by atoms with Crippen LogP contribution in [0.15, 0.2) is 24.3 Å². The molecule has 1 saturated heterocycles. The highest BCUT2D eigenvalue weighted by molar-refractivity contribution is 5.80. The minimum atomic E-state index is -0.277. The highest BCUT2D eigenvalue weighted by Gasteiger charge is 2.31. The number of halogens is 1. The molecule has 98 valence electrons. The third kappa shape index (κ3) is 2.86. The molecule has 1 amide bonds. The van der Waals surface area contributed by atoms with E-state index < -0.39 is 0 Å². The van der Waals surface area contributed by atoms with E-state index in [4.69, 9.17) is 0 Å². The Hall–Kier alpha value is -1.46. The molecule has 0 aliphatic carbocycles. The molecule has 0 aromatic heterocycles. The van der Waals surface area contributed by atoms with Crippen molar-refractivity contribution in [1.82, 2.24) is 15.1 Å². The van der Waals surface area contributed by atoms with Gasteiger partial charge < -0.3 is 9.80 Å². The van der Waals surface area contributed by atoms with E-state index in [-0.39, 0.29) is 17.9 Å². The lowest BCUT2D eigenvalue weighted by Gasteiger charge is -2.26. The van der Waals surface area contributed by atoms with Crippen molar-refractivity contribution in [1.29, 1.82) is 0 Å². The summed E-state index contributed by atoms with van der Waals surface area (Å²) in [6.45, 7) is 1.74. The first-order chi connectivity index (χ1) is 8.58. The number of carbonyl (C=O) groups is 1. The number of likely N-dealkylation sites (N-methyl/N-ethyl adjacent to an activating group) is 1. The molecule has 1 heterocycles. The maximum atomic E-state index is 13.2. The Labute approximate surface area is 106 Å². The second kappa shape index (κ2) is 5.46. The zero-order valence-corrected chi connectivity index (χ0v) is 10.7. The molecule has 1 unspecified atom stereocenters. The summed E-state index contributed by atoms with van der Waals surface area (Å²) in [5.74, 6) is -0.215. The second-order valence-corrected chi connectivity index (χ2v) is 4.73. The van der Waals surface area contributed by atoms with E-state index in [0.717, 1.165) is 12.1 Å². The third-order valence-corrected chi connectivity index (χ3v) is 3.03. The fraction of sp³-hybridized carbons (Fsp3) is 0.462. The summed E-state index contributed by atoms with van der Waals surface area (Å²) < 4.78 is 13.2. The molecule has 0 spiro atoms. The predicted molar refractivity (Wildman–Crippen MR) is 67.4 cm³/mol. The normalized spacial score (nSPS) is 19.9. The van der Waals surface area contributed by atoms with Gasteiger partial charge in [-0.3, -0.25) is 10.1 Å². The topological polar surface area (TPSA) is 35.6 Å². The van der Waals surface area contributed by atoms with E-state index >= 15 is 0 Å². The quantitative estimate of drug-likeness (QED) is 0.860. The first kappa shape index (κ1) is 13.0. The van der Waals surface area contributed by atoms with Crippen molar-refractivity contribution in [3.63, 3.8) is 0 Å². The lowest BCUT2D eigenvalue weighted by Crippen LogP contribution is -2.36. The summed E-state index contributed by atoms with van der Waals surface area (Å²) in [7, 11) is 3.93. The van der Waals surface area contributed by atoms with Gasteiger partial charge in [0.1, 0.15) is 12.0 Å². The van der Waals surface area contributed by atoms with Gasteiger partial charge in [0.25, 0.3) is 0 Å². The highest BCUT2D eigenvalue weighted by Crippen LogP contribution is 2.22. The Morgan fingerprint density at radius 1 is 1.50 bits per heavy atom. The van der Waals surface area contributed by atoms with Gasteiger partial charge in [-0.2, -0.15) is 0 Å². The van der Waals surface area contributed by atoms with Crippen LogP contribution in [0.3, 0.4) is 0 Å². The fourth-order valence-corrected chi connectivity index (χ4v) is 2.08. The Morgan fingerprint density at radius 3 is 2.94 bits per heavy atom. The third-order valence-electron chi connectivity index (χ3n) is 3.03. The number of hydrogen-bond donors (Lipinski definition) is 1. The Balaban J connectivity index is 2.13. The van der Waals surface area contributed by atoms with Crippen molar-refractivity contribution in [2.45, 2.75) is 6.17 Å². The fourth-order valence-electron chi connectivity index (χ4n) is 2.08. The molecule has 1 aliphatic rings. The number of rotatable bonds is 4. The van der Waals surface area contributed by atoms with Crippen LogP contribution < -0.4 is 5.32 Å². The number of carbonyl (C=O) groups excluding carboxylic acids is 1. The van der Waals surface area contributed by atoms with Gasteiger partial charge >= 0.3 is 0 Å². The summed E-state index contributed by atoms with van der Waals surface area (Å²) in [6.07, 6.45) is -0.215. The summed E-state index contributed by atoms with van der Waals surface area (Å²) in [5, 5.41) is 3.11. The highest BCUT2D eigenvalue weighted by atomic mass is 19.1. The average molecular weight is 251 g/mol. The largest absolute Gasteiger partial charge is 0.321 e. The van der Waals surface area contributed by atoms with Gasteiger partial charge in [0.05, 0.1) is 6.54 Å². The molecule has 1 fully saturated rings. The van der Waals surface area contributed by atoms with Crippen LogP contribution in [0.4, 0.5) is 4.39 Å². The van der Waals surface area contributed by atoms with E-state index in [1.165, 1.54) is 12.1 Å². The van der Waals surface area contributed by atoms with Crippen LogP contribution in [0.5, 0.6) is 0 Å². The summed E-state index contributed by atoms with van der Waals surface area (Å²) in [6, 6.07) is 6.38. The van der Waals surface area contributed by atoms with Gasteiger partial charge in [0, 0.05) is 13.1 Å². The molecule has 1 aliphatic heterocycles. The minimum absolute atomic E-state index is 0.0612. The lowest BCUT2D eigenvalue weighted by atomic mass is 10.1. The maximum Gasteiger partial charge on any atom is 0.238 e. The van der Waals surface area contributed by atoms with E-state index in [2.05, 4.69) is 5.32 Å². The van der Waals surface area contributed by atoms with E-state index in [0.29, 0.717) is 13.1 Å². The molecule has 1 aromatic carbocycles. The van der Waals surface area contributed by atoms with Gasteiger partial charge in [-0.1, -0.05) is 12.1 Å². The van der Waals surface area contributed by atoms with Crippen molar-refractivity contribution in [2.24, 2.45) is 0 Å². The standard InChI is InChI=1S/C13H18FN3O/c1-16(2)6-7-17-12(18)9-15-13(17)10-4-3-5-11(14)8-10/h3-5,8,13,15H,6-7,9H2,1-2H3. The summed E-state index contributed by atoms with van der Waals surface area (Å²) >= 11 is 0. The van der Waals surface area contributed by atoms with Gasteiger partial charge in [-0.15, -0.1) is 0 Å². The smallest absolute Gasteiger partial charge is 0.238 e. The van der Waals surface area contributed by atoms with Gasteiger partial charge in [0.2, 0.25) is 5.91 Å². The first-order valence-corrected chi connectivity index (χ1v) is 6.01. The number of hydrogen-bond acceptors (Lipinski definition) is 3. The number of nitrogens with zero attached hydrogens (tertiary/aromatic N) is 2. The van der Waals surface area contributed by atoms with Crippen LogP contribution in [0, 0.1) is 5.82 Å². The lowest BCUT2D eigenvalue weighted by molar-refractivity contribution is -0.128. The zero-order valence-electron chi connectivity index (χ0n) is 10.7. The Morgan fingerprint density at radius 2 is 2.28 bits per heavy atom. The Bertz CT molecular complexity index is 436. The van der Waals surface area contributed by atoms with E-state index in [1.807, 2.05) is 25.1 Å². The van der Waals surface area contributed by atoms with Crippen LogP contribution in [0.25, 0.3) is 0 Å². The molecular formula is C13H18FN3O. The number of amides is 1. The van der Waals surface area contributed by atoms with Crippen molar-refractivity contribution < 1.29 is 9.18 Å². The van der Waals surface area contributed by atoms with Crippen LogP contribution in [-0.4, -0.2) is 49.4 Å². The van der Waals surface area contributed by atoms with Crippen LogP contribution in [0.2, 0.25) is 0 Å². The minimum Gasteiger partial charge on any atom is -0.321 e. The van der Waals surface area contributed by atoms with Gasteiger partial charge in [-0.05, 0) is 31.8 Å². The maximum absolute atomic E-state index is 13.2. The molecule has 0 saturated carbocycles. The average Bonchev–Trinajstić information content (AvgIpc) is 2.68. The van der Waals surface area contributed by atoms with E-state index in [1.54, 1.807) is 11.0 Å². The molecule has 0 bridgehead atoms. The molecule has 5 heteroatoms. The zero-order chi connectivity index (χ0) is 13.1.